The normalized spacial score (nSPS) is 21.2. The van der Waals surface area contributed by atoms with Crippen LogP contribution in [-0.4, -0.2) is 25.5 Å². The number of aliphatic carboxylic acids is 1. The van der Waals surface area contributed by atoms with E-state index in [1.807, 2.05) is 49.4 Å². The third-order valence-corrected chi connectivity index (χ3v) is 7.99. The van der Waals surface area contributed by atoms with Gasteiger partial charge in [0, 0.05) is 11.5 Å². The van der Waals surface area contributed by atoms with Gasteiger partial charge in [-0.2, -0.15) is 4.72 Å². The molecule has 8 heteroatoms. The predicted molar refractivity (Wildman–Crippen MR) is 130 cm³/mol. The van der Waals surface area contributed by atoms with Crippen LogP contribution in [0.15, 0.2) is 94.6 Å². The fourth-order valence-corrected chi connectivity index (χ4v) is 6.02. The van der Waals surface area contributed by atoms with Crippen LogP contribution in [0, 0.1) is 12.8 Å². The summed E-state index contributed by atoms with van der Waals surface area (Å²) < 4.78 is 40.3. The van der Waals surface area contributed by atoms with Crippen LogP contribution in [0.5, 0.6) is 0 Å². The monoisotopic (exact) mass is 491 g/mol. The Kier molecular flexibility index (Phi) is 6.19. The Bertz CT molecular complexity index is 1440. The Balaban J connectivity index is 1.52. The predicted octanol–water partition coefficient (Wildman–Crippen LogP) is 4.99. The van der Waals surface area contributed by atoms with E-state index in [1.165, 1.54) is 24.7 Å². The van der Waals surface area contributed by atoms with Gasteiger partial charge in [-0.15, -0.1) is 0 Å². The highest BCUT2D eigenvalue weighted by atomic mass is 32.2. The number of benzene rings is 3. The van der Waals surface area contributed by atoms with E-state index < -0.39 is 40.2 Å². The Morgan fingerprint density at radius 3 is 2.49 bits per heavy atom. The van der Waals surface area contributed by atoms with Gasteiger partial charge in [-0.25, -0.2) is 8.42 Å². The van der Waals surface area contributed by atoms with Crippen LogP contribution in [0.1, 0.15) is 35.3 Å². The molecule has 2 N–H and O–H groups in total. The van der Waals surface area contributed by atoms with E-state index in [0.717, 1.165) is 21.9 Å². The van der Waals surface area contributed by atoms with Crippen molar-refractivity contribution < 1.29 is 27.5 Å². The van der Waals surface area contributed by atoms with Gasteiger partial charge in [0.1, 0.15) is 6.04 Å². The van der Waals surface area contributed by atoms with Crippen molar-refractivity contribution >= 4 is 26.8 Å². The molecule has 1 saturated heterocycles. The fourth-order valence-electron chi connectivity index (χ4n) is 4.78. The molecule has 0 bridgehead atoms. The number of aryl methyl sites for hydroxylation is 1. The maximum Gasteiger partial charge on any atom is 0.322 e. The number of nitrogens with one attached hydrogen (secondary N) is 1. The third-order valence-electron chi connectivity index (χ3n) is 6.54. The third kappa shape index (κ3) is 4.60. The lowest BCUT2D eigenvalue weighted by atomic mass is 9.87. The molecule has 0 aliphatic carbocycles. The van der Waals surface area contributed by atoms with E-state index in [4.69, 9.17) is 9.15 Å². The van der Waals surface area contributed by atoms with Crippen LogP contribution >= 0.6 is 0 Å². The standard InChI is InChI=1S/C27H25NO6S/c1-17-9-11-20(12-10-17)35(31,32)28-25(27(29)30)23-15-24(34-26(23)19-13-14-33-16-19)22-8-4-6-18-5-2-3-7-21(18)22/h2-14,16,23-26,28H,15H2,1H3,(H,29,30)/t23?,24-,25+,26-/m1/s1. The first-order valence-corrected chi connectivity index (χ1v) is 12.8. The van der Waals surface area contributed by atoms with Crippen molar-refractivity contribution in [2.45, 2.75) is 36.5 Å². The quantitative estimate of drug-likeness (QED) is 0.377. The van der Waals surface area contributed by atoms with Gasteiger partial charge in [-0.1, -0.05) is 60.2 Å². The first-order chi connectivity index (χ1) is 16.8. The molecule has 2 heterocycles. The first-order valence-electron chi connectivity index (χ1n) is 11.3. The highest BCUT2D eigenvalue weighted by Gasteiger charge is 2.46. The highest BCUT2D eigenvalue weighted by molar-refractivity contribution is 7.89. The highest BCUT2D eigenvalue weighted by Crippen LogP contribution is 2.48. The van der Waals surface area contributed by atoms with E-state index in [1.54, 1.807) is 18.2 Å². The zero-order chi connectivity index (χ0) is 24.6. The van der Waals surface area contributed by atoms with E-state index in [2.05, 4.69) is 4.72 Å². The van der Waals surface area contributed by atoms with Gasteiger partial charge in [0.15, 0.2) is 0 Å². The summed E-state index contributed by atoms with van der Waals surface area (Å²) in [5.74, 6) is -1.93. The van der Waals surface area contributed by atoms with Crippen LogP contribution in [0.25, 0.3) is 10.8 Å². The van der Waals surface area contributed by atoms with Crippen LogP contribution in [0.4, 0.5) is 0 Å². The van der Waals surface area contributed by atoms with Gasteiger partial charge in [0.2, 0.25) is 10.0 Å². The zero-order valence-electron chi connectivity index (χ0n) is 19.0. The van der Waals surface area contributed by atoms with Gasteiger partial charge in [-0.05, 0) is 47.9 Å². The molecule has 7 nitrogen and oxygen atoms in total. The smallest absolute Gasteiger partial charge is 0.322 e. The average molecular weight is 492 g/mol. The van der Waals surface area contributed by atoms with E-state index in [9.17, 15) is 18.3 Å². The molecule has 0 spiro atoms. The molecule has 1 unspecified atom stereocenters. The van der Waals surface area contributed by atoms with Gasteiger partial charge >= 0.3 is 5.97 Å². The molecule has 1 aromatic heterocycles. The van der Waals surface area contributed by atoms with Crippen LogP contribution in [0.3, 0.4) is 0 Å². The van der Waals surface area contributed by atoms with E-state index >= 15 is 0 Å². The Morgan fingerprint density at radius 1 is 1.03 bits per heavy atom. The largest absolute Gasteiger partial charge is 0.480 e. The van der Waals surface area contributed by atoms with Gasteiger partial charge in [-0.3, -0.25) is 4.79 Å². The van der Waals surface area contributed by atoms with Crippen molar-refractivity contribution in [3.8, 4) is 0 Å². The molecule has 0 radical (unpaired) electrons. The number of hydrogen-bond donors (Lipinski definition) is 2. The molecule has 4 aromatic rings. The summed E-state index contributed by atoms with van der Waals surface area (Å²) in [7, 11) is -4.08. The second-order valence-corrected chi connectivity index (χ2v) is 10.5. The Hall–Kier alpha value is -3.46. The van der Waals surface area contributed by atoms with Crippen LogP contribution < -0.4 is 4.72 Å². The summed E-state index contributed by atoms with van der Waals surface area (Å²) >= 11 is 0. The van der Waals surface area contributed by atoms with Crippen LogP contribution in [-0.2, 0) is 19.6 Å². The summed E-state index contributed by atoms with van der Waals surface area (Å²) in [6, 6.07) is 20.4. The molecule has 35 heavy (non-hydrogen) atoms. The number of rotatable bonds is 7. The van der Waals surface area contributed by atoms with E-state index in [-0.39, 0.29) is 4.90 Å². The topological polar surface area (TPSA) is 106 Å². The molecule has 0 amide bonds. The van der Waals surface area contributed by atoms with Crippen molar-refractivity contribution in [3.05, 3.63) is 102 Å². The van der Waals surface area contributed by atoms with Gasteiger partial charge in [0.25, 0.3) is 0 Å². The Morgan fingerprint density at radius 2 is 1.77 bits per heavy atom. The Labute approximate surface area is 203 Å². The minimum absolute atomic E-state index is 0.0127. The molecule has 4 atom stereocenters. The maximum atomic E-state index is 13.1. The second-order valence-electron chi connectivity index (χ2n) is 8.82. The molecule has 1 fully saturated rings. The second kappa shape index (κ2) is 9.30. The number of fused-ring (bicyclic) bond motifs is 1. The van der Waals surface area contributed by atoms with Gasteiger partial charge < -0.3 is 14.3 Å². The fraction of sp³-hybridized carbons (Fsp3) is 0.222. The van der Waals surface area contributed by atoms with Crippen LogP contribution in [0.2, 0.25) is 0 Å². The van der Waals surface area contributed by atoms with Crippen molar-refractivity contribution in [1.29, 1.82) is 0 Å². The number of furan rings is 1. The number of hydrogen-bond acceptors (Lipinski definition) is 5. The zero-order valence-corrected chi connectivity index (χ0v) is 19.8. The SMILES string of the molecule is Cc1ccc(S(=O)(=O)N[C@H](C(=O)O)C2C[C@H](c3cccc4ccccc34)O[C@@H]2c2ccoc2)cc1. The summed E-state index contributed by atoms with van der Waals surface area (Å²) in [4.78, 5) is 12.4. The molecule has 3 aromatic carbocycles. The summed E-state index contributed by atoms with van der Waals surface area (Å²) in [6.07, 6.45) is 2.23. The van der Waals surface area contributed by atoms with Gasteiger partial charge in [0.05, 0.1) is 29.6 Å². The number of carboxylic acid groups (broad SMARTS) is 1. The lowest BCUT2D eigenvalue weighted by Gasteiger charge is -2.24. The molecule has 180 valence electrons. The molecular formula is C27H25NO6S. The number of carbonyl (C=O) groups is 1. The lowest BCUT2D eigenvalue weighted by Crippen LogP contribution is -2.46. The first kappa shape index (κ1) is 23.3. The summed E-state index contributed by atoms with van der Waals surface area (Å²) in [5.41, 5.74) is 2.50. The summed E-state index contributed by atoms with van der Waals surface area (Å²) in [6.45, 7) is 1.85. The lowest BCUT2D eigenvalue weighted by molar-refractivity contribution is -0.141. The maximum absolute atomic E-state index is 13.1. The number of carboxylic acids is 1. The number of sulfonamides is 1. The molecule has 0 saturated carbocycles. The molecular weight excluding hydrogens is 466 g/mol. The van der Waals surface area contributed by atoms with E-state index in [0.29, 0.717) is 12.0 Å². The minimum Gasteiger partial charge on any atom is -0.480 e. The molecule has 5 rings (SSSR count). The molecule has 1 aliphatic rings. The van der Waals surface area contributed by atoms with Crippen molar-refractivity contribution in [2.75, 3.05) is 0 Å². The number of ether oxygens (including phenoxy) is 1. The minimum atomic E-state index is -4.08. The van der Waals surface area contributed by atoms with Crippen molar-refractivity contribution in [3.63, 3.8) is 0 Å². The van der Waals surface area contributed by atoms with Crippen molar-refractivity contribution in [1.82, 2.24) is 4.72 Å². The summed E-state index contributed by atoms with van der Waals surface area (Å²) in [5, 5.41) is 12.2. The average Bonchev–Trinajstić information content (AvgIpc) is 3.52. The molecule has 1 aliphatic heterocycles. The van der Waals surface area contributed by atoms with Crippen molar-refractivity contribution in [2.24, 2.45) is 5.92 Å².